The Labute approximate surface area is 191 Å². The van der Waals surface area contributed by atoms with E-state index in [9.17, 15) is 13.2 Å². The fraction of sp³-hybridized carbons (Fsp3) is 0.318. The average Bonchev–Trinajstić information content (AvgIpc) is 3.41. The van der Waals surface area contributed by atoms with Crippen molar-refractivity contribution in [2.45, 2.75) is 37.0 Å². The van der Waals surface area contributed by atoms with E-state index in [0.29, 0.717) is 34.4 Å². The molecule has 1 aromatic carbocycles. The highest BCUT2D eigenvalue weighted by atomic mass is 32.2. The second-order valence-corrected chi connectivity index (χ2v) is 10.1. The van der Waals surface area contributed by atoms with E-state index in [-0.39, 0.29) is 17.2 Å². The molecule has 8 nitrogen and oxygen atoms in total. The van der Waals surface area contributed by atoms with Gasteiger partial charge in [-0.05, 0) is 43.2 Å². The van der Waals surface area contributed by atoms with Crippen LogP contribution in [0.5, 0.6) is 0 Å². The van der Waals surface area contributed by atoms with E-state index in [2.05, 4.69) is 14.7 Å². The van der Waals surface area contributed by atoms with Crippen LogP contribution in [-0.4, -0.2) is 43.6 Å². The van der Waals surface area contributed by atoms with Crippen molar-refractivity contribution in [3.63, 3.8) is 0 Å². The predicted molar refractivity (Wildman–Crippen MR) is 124 cm³/mol. The molecule has 2 aromatic heterocycles. The topological polar surface area (TPSA) is 105 Å². The standard InChI is InChI=1S/C22H24N4O4S2/c1-26-11-4-2-3-10-20(26)25-32(28,29)18-8-5-7-16(13-18)23-21(27)14-17-15-31-22(24-17)19-9-6-12-30-19/h5-9,12-13,15H,2-4,10-11,14H2,1H3,(H,23,27)/b25-20+. The second kappa shape index (κ2) is 9.66. The maximum atomic E-state index is 12.9. The van der Waals surface area contributed by atoms with Crippen LogP contribution in [0.3, 0.4) is 0 Å². The first-order valence-corrected chi connectivity index (χ1v) is 12.7. The van der Waals surface area contributed by atoms with Crippen LogP contribution < -0.4 is 5.32 Å². The molecule has 3 aromatic rings. The Balaban J connectivity index is 1.45. The number of carbonyl (C=O) groups is 1. The number of nitrogens with zero attached hydrogens (tertiary/aromatic N) is 3. The lowest BCUT2D eigenvalue weighted by molar-refractivity contribution is -0.115. The summed E-state index contributed by atoms with van der Waals surface area (Å²) in [6, 6.07) is 9.76. The lowest BCUT2D eigenvalue weighted by atomic mass is 10.2. The van der Waals surface area contributed by atoms with Crippen molar-refractivity contribution < 1.29 is 17.6 Å². The van der Waals surface area contributed by atoms with Gasteiger partial charge in [-0.15, -0.1) is 15.7 Å². The number of amides is 1. The van der Waals surface area contributed by atoms with Crippen molar-refractivity contribution in [2.75, 3.05) is 18.9 Å². The summed E-state index contributed by atoms with van der Waals surface area (Å²) < 4.78 is 35.1. The molecule has 0 aliphatic carbocycles. The fourth-order valence-electron chi connectivity index (χ4n) is 3.44. The van der Waals surface area contributed by atoms with E-state index < -0.39 is 10.0 Å². The van der Waals surface area contributed by atoms with Gasteiger partial charge in [0.25, 0.3) is 10.0 Å². The zero-order valence-corrected chi connectivity index (χ0v) is 19.3. The van der Waals surface area contributed by atoms with Crippen molar-refractivity contribution >= 4 is 38.8 Å². The van der Waals surface area contributed by atoms with E-state index in [4.69, 9.17) is 4.42 Å². The lowest BCUT2D eigenvalue weighted by Crippen LogP contribution is -2.26. The number of likely N-dealkylation sites (tertiary alicyclic amines) is 1. The van der Waals surface area contributed by atoms with Crippen LogP contribution in [-0.2, 0) is 21.2 Å². The van der Waals surface area contributed by atoms with Gasteiger partial charge in [-0.1, -0.05) is 12.5 Å². The van der Waals surface area contributed by atoms with Crippen molar-refractivity contribution in [1.82, 2.24) is 9.88 Å². The Bertz CT molecular complexity index is 1220. The van der Waals surface area contributed by atoms with Gasteiger partial charge in [0, 0.05) is 31.1 Å². The van der Waals surface area contributed by atoms with Crippen LogP contribution in [0.15, 0.2) is 61.8 Å². The first kappa shape index (κ1) is 22.2. The number of amidine groups is 1. The Morgan fingerprint density at radius 2 is 2.12 bits per heavy atom. The molecule has 3 heterocycles. The molecule has 0 spiro atoms. The summed E-state index contributed by atoms with van der Waals surface area (Å²) in [5.41, 5.74) is 1.01. The molecule has 4 rings (SSSR count). The molecule has 1 aliphatic rings. The number of nitrogens with one attached hydrogen (secondary N) is 1. The third-order valence-electron chi connectivity index (χ3n) is 5.10. The number of sulfonamides is 1. The maximum Gasteiger partial charge on any atom is 0.284 e. The zero-order valence-electron chi connectivity index (χ0n) is 17.7. The van der Waals surface area contributed by atoms with E-state index in [0.717, 1.165) is 25.8 Å². The minimum absolute atomic E-state index is 0.0502. The number of furan rings is 1. The van der Waals surface area contributed by atoms with E-state index in [1.54, 1.807) is 29.8 Å². The van der Waals surface area contributed by atoms with Crippen molar-refractivity contribution in [3.05, 3.63) is 53.7 Å². The summed E-state index contributed by atoms with van der Waals surface area (Å²) in [5.74, 6) is 0.944. The Morgan fingerprint density at radius 3 is 2.94 bits per heavy atom. The number of hydrogen-bond acceptors (Lipinski definition) is 6. The third-order valence-corrected chi connectivity index (χ3v) is 7.31. The number of benzene rings is 1. The Morgan fingerprint density at radius 1 is 1.25 bits per heavy atom. The monoisotopic (exact) mass is 472 g/mol. The van der Waals surface area contributed by atoms with Crippen LogP contribution in [0.2, 0.25) is 0 Å². The molecular weight excluding hydrogens is 448 g/mol. The van der Waals surface area contributed by atoms with Crippen LogP contribution in [0.25, 0.3) is 10.8 Å². The van der Waals surface area contributed by atoms with E-state index in [1.165, 1.54) is 23.5 Å². The van der Waals surface area contributed by atoms with E-state index >= 15 is 0 Å². The Hall–Kier alpha value is -2.98. The number of carbonyl (C=O) groups excluding carboxylic acids is 1. The van der Waals surface area contributed by atoms with Crippen LogP contribution >= 0.6 is 11.3 Å². The van der Waals surface area contributed by atoms with Gasteiger partial charge >= 0.3 is 0 Å². The minimum Gasteiger partial charge on any atom is -0.462 e. The van der Waals surface area contributed by atoms with Gasteiger partial charge in [0.05, 0.1) is 23.3 Å². The van der Waals surface area contributed by atoms with Crippen LogP contribution in [0, 0.1) is 0 Å². The van der Waals surface area contributed by atoms with Crippen LogP contribution in [0.1, 0.15) is 31.4 Å². The molecule has 1 fully saturated rings. The molecule has 0 saturated carbocycles. The zero-order chi connectivity index (χ0) is 22.6. The average molecular weight is 473 g/mol. The molecule has 168 valence electrons. The van der Waals surface area contributed by atoms with Crippen molar-refractivity contribution in [2.24, 2.45) is 4.40 Å². The molecule has 32 heavy (non-hydrogen) atoms. The third kappa shape index (κ3) is 5.43. The fourth-order valence-corrected chi connectivity index (χ4v) is 5.37. The van der Waals surface area contributed by atoms with Gasteiger partial charge in [-0.25, -0.2) is 4.98 Å². The number of thiazole rings is 1. The van der Waals surface area contributed by atoms with Crippen LogP contribution in [0.4, 0.5) is 5.69 Å². The maximum absolute atomic E-state index is 12.9. The summed E-state index contributed by atoms with van der Waals surface area (Å²) >= 11 is 1.40. The summed E-state index contributed by atoms with van der Waals surface area (Å²) in [4.78, 5) is 18.9. The summed E-state index contributed by atoms with van der Waals surface area (Å²) in [7, 11) is -2.01. The molecule has 1 aliphatic heterocycles. The molecule has 0 radical (unpaired) electrons. The molecule has 0 bridgehead atoms. The first-order valence-electron chi connectivity index (χ1n) is 10.3. The highest BCUT2D eigenvalue weighted by Crippen LogP contribution is 2.24. The highest BCUT2D eigenvalue weighted by Gasteiger charge is 2.19. The predicted octanol–water partition coefficient (Wildman–Crippen LogP) is 4.18. The Kier molecular flexibility index (Phi) is 6.71. The first-order chi connectivity index (χ1) is 15.4. The van der Waals surface area contributed by atoms with E-state index in [1.807, 2.05) is 18.0 Å². The minimum atomic E-state index is -3.87. The number of anilines is 1. The van der Waals surface area contributed by atoms with Crippen molar-refractivity contribution in [3.8, 4) is 10.8 Å². The molecule has 0 atom stereocenters. The largest absolute Gasteiger partial charge is 0.462 e. The van der Waals surface area contributed by atoms with Gasteiger partial charge in [-0.2, -0.15) is 8.42 Å². The molecule has 10 heteroatoms. The number of hydrogen-bond donors (Lipinski definition) is 1. The molecule has 0 unspecified atom stereocenters. The van der Waals surface area contributed by atoms with Gasteiger partial charge in [0.2, 0.25) is 5.91 Å². The smallest absolute Gasteiger partial charge is 0.284 e. The second-order valence-electron chi connectivity index (χ2n) is 7.59. The normalized spacial score (nSPS) is 16.2. The van der Waals surface area contributed by atoms with Gasteiger partial charge < -0.3 is 14.6 Å². The summed E-state index contributed by atoms with van der Waals surface area (Å²) in [5, 5.41) is 5.25. The number of rotatable bonds is 6. The molecule has 1 N–H and O–H groups in total. The SMILES string of the molecule is CN1CCCCC/C1=N\S(=O)(=O)c1cccc(NC(=O)Cc2csc(-c3ccco3)n2)c1. The summed E-state index contributed by atoms with van der Waals surface area (Å²) in [6.07, 6.45) is 5.29. The quantitative estimate of drug-likeness (QED) is 0.577. The highest BCUT2D eigenvalue weighted by molar-refractivity contribution is 7.90. The van der Waals surface area contributed by atoms with Gasteiger partial charge in [0.15, 0.2) is 10.8 Å². The number of aromatic nitrogens is 1. The van der Waals surface area contributed by atoms with Crippen molar-refractivity contribution in [1.29, 1.82) is 0 Å². The molecule has 1 saturated heterocycles. The molecule has 1 amide bonds. The lowest BCUT2D eigenvalue weighted by Gasteiger charge is -2.17. The molecular formula is C22H24N4O4S2. The van der Waals surface area contributed by atoms with Gasteiger partial charge in [0.1, 0.15) is 5.84 Å². The van der Waals surface area contributed by atoms with Gasteiger partial charge in [-0.3, -0.25) is 4.79 Å². The summed E-state index contributed by atoms with van der Waals surface area (Å²) in [6.45, 7) is 0.794.